The summed E-state index contributed by atoms with van der Waals surface area (Å²) in [6, 6.07) is 3.70. The van der Waals surface area contributed by atoms with Gasteiger partial charge >= 0.3 is 6.03 Å². The van der Waals surface area contributed by atoms with Gasteiger partial charge in [0.05, 0.1) is 5.00 Å². The Morgan fingerprint density at radius 3 is 2.93 bits per heavy atom. The Kier molecular flexibility index (Phi) is 4.42. The van der Waals surface area contributed by atoms with E-state index in [4.69, 9.17) is 5.73 Å². The second kappa shape index (κ2) is 5.62. The molecule has 0 unspecified atom stereocenters. The van der Waals surface area contributed by atoms with E-state index in [0.717, 1.165) is 11.4 Å². The Morgan fingerprint density at radius 2 is 2.36 bits per heavy atom. The summed E-state index contributed by atoms with van der Waals surface area (Å²) in [5.74, 6) is 0. The van der Waals surface area contributed by atoms with Gasteiger partial charge in [-0.15, -0.1) is 11.3 Å². The molecule has 1 heterocycles. The minimum Gasteiger partial charge on any atom is -0.338 e. The van der Waals surface area contributed by atoms with Crippen LogP contribution in [0.3, 0.4) is 0 Å². The molecule has 0 fully saturated rings. The van der Waals surface area contributed by atoms with E-state index < -0.39 is 0 Å². The average molecular weight is 213 g/mol. The molecule has 1 aromatic rings. The first-order valence-electron chi connectivity index (χ1n) is 4.53. The van der Waals surface area contributed by atoms with Crippen molar-refractivity contribution >= 4 is 22.4 Å². The Labute approximate surface area is 87.5 Å². The van der Waals surface area contributed by atoms with Crippen LogP contribution in [0.1, 0.15) is 11.3 Å². The van der Waals surface area contributed by atoms with Crippen LogP contribution < -0.4 is 16.4 Å². The summed E-state index contributed by atoms with van der Waals surface area (Å²) in [6.07, 6.45) is 0.802. The molecule has 0 atom stereocenters. The summed E-state index contributed by atoms with van der Waals surface area (Å²) in [4.78, 5) is 12.4. The van der Waals surface area contributed by atoms with Crippen LogP contribution in [0, 0.1) is 6.92 Å². The monoisotopic (exact) mass is 213 g/mol. The van der Waals surface area contributed by atoms with Gasteiger partial charge in [0.25, 0.3) is 0 Å². The molecule has 0 spiro atoms. The number of carbonyl (C=O) groups is 1. The van der Waals surface area contributed by atoms with Crippen molar-refractivity contribution in [3.8, 4) is 0 Å². The van der Waals surface area contributed by atoms with Crippen LogP contribution in [0.4, 0.5) is 9.80 Å². The van der Waals surface area contributed by atoms with Gasteiger partial charge in [-0.05, 0) is 32.0 Å². The van der Waals surface area contributed by atoms with Crippen molar-refractivity contribution in [2.45, 2.75) is 13.3 Å². The molecular formula is C9H15N3OS. The quantitative estimate of drug-likeness (QED) is 0.664. The number of hydrogen-bond acceptors (Lipinski definition) is 3. The maximum absolute atomic E-state index is 11.2. The van der Waals surface area contributed by atoms with Gasteiger partial charge in [-0.2, -0.15) is 0 Å². The van der Waals surface area contributed by atoms with Crippen LogP contribution in [0.2, 0.25) is 0 Å². The smallest absolute Gasteiger partial charge is 0.319 e. The zero-order chi connectivity index (χ0) is 10.4. The first-order chi connectivity index (χ1) is 6.72. The number of rotatable bonds is 4. The molecule has 14 heavy (non-hydrogen) atoms. The highest BCUT2D eigenvalue weighted by Gasteiger charge is 2.01. The van der Waals surface area contributed by atoms with Crippen molar-refractivity contribution in [1.29, 1.82) is 0 Å². The van der Waals surface area contributed by atoms with Gasteiger partial charge in [0.15, 0.2) is 0 Å². The molecule has 0 radical (unpaired) electrons. The molecule has 4 N–H and O–H groups in total. The SMILES string of the molecule is Cc1ccc(NC(=O)NCCCN)s1. The van der Waals surface area contributed by atoms with Gasteiger partial charge in [-0.3, -0.25) is 5.32 Å². The highest BCUT2D eigenvalue weighted by atomic mass is 32.1. The Bertz CT molecular complexity index is 298. The molecule has 0 saturated heterocycles. The van der Waals surface area contributed by atoms with E-state index in [1.165, 1.54) is 4.88 Å². The second-order valence-electron chi connectivity index (χ2n) is 2.93. The van der Waals surface area contributed by atoms with Gasteiger partial charge in [0.1, 0.15) is 0 Å². The molecule has 0 saturated carbocycles. The fourth-order valence-electron chi connectivity index (χ4n) is 0.962. The summed E-state index contributed by atoms with van der Waals surface area (Å²) >= 11 is 1.56. The van der Waals surface area contributed by atoms with E-state index in [2.05, 4.69) is 10.6 Å². The number of carbonyl (C=O) groups excluding carboxylic acids is 1. The summed E-state index contributed by atoms with van der Waals surface area (Å²) in [5.41, 5.74) is 5.30. The number of urea groups is 1. The lowest BCUT2D eigenvalue weighted by atomic mass is 10.4. The highest BCUT2D eigenvalue weighted by Crippen LogP contribution is 2.20. The van der Waals surface area contributed by atoms with Crippen LogP contribution >= 0.6 is 11.3 Å². The van der Waals surface area contributed by atoms with Crippen molar-refractivity contribution in [2.75, 3.05) is 18.4 Å². The largest absolute Gasteiger partial charge is 0.338 e. The maximum Gasteiger partial charge on any atom is 0.319 e. The fraction of sp³-hybridized carbons (Fsp3) is 0.444. The minimum atomic E-state index is -0.166. The van der Waals surface area contributed by atoms with Gasteiger partial charge in [-0.1, -0.05) is 0 Å². The minimum absolute atomic E-state index is 0.166. The lowest BCUT2D eigenvalue weighted by molar-refractivity contribution is 0.252. The maximum atomic E-state index is 11.2. The number of nitrogens with two attached hydrogens (primary N) is 1. The van der Waals surface area contributed by atoms with Crippen LogP contribution in [-0.2, 0) is 0 Å². The van der Waals surface area contributed by atoms with Crippen molar-refractivity contribution in [1.82, 2.24) is 5.32 Å². The first-order valence-corrected chi connectivity index (χ1v) is 5.35. The third kappa shape index (κ3) is 3.76. The zero-order valence-electron chi connectivity index (χ0n) is 8.17. The van der Waals surface area contributed by atoms with E-state index in [-0.39, 0.29) is 6.03 Å². The molecule has 0 aromatic carbocycles. The predicted octanol–water partition coefficient (Wildman–Crippen LogP) is 1.53. The number of hydrogen-bond donors (Lipinski definition) is 3. The molecule has 1 aromatic heterocycles. The summed E-state index contributed by atoms with van der Waals surface area (Å²) in [5, 5.41) is 6.34. The molecule has 0 aliphatic heterocycles. The topological polar surface area (TPSA) is 67.2 Å². The van der Waals surface area contributed by atoms with Crippen LogP contribution in [-0.4, -0.2) is 19.1 Å². The van der Waals surface area contributed by atoms with Crippen molar-refractivity contribution < 1.29 is 4.79 Å². The van der Waals surface area contributed by atoms with Gasteiger partial charge in [0, 0.05) is 11.4 Å². The standard InChI is InChI=1S/C9H15N3OS/c1-7-3-4-8(14-7)12-9(13)11-6-2-5-10/h3-4H,2,5-6,10H2,1H3,(H2,11,12,13). The van der Waals surface area contributed by atoms with E-state index in [9.17, 15) is 4.79 Å². The van der Waals surface area contributed by atoms with E-state index >= 15 is 0 Å². The van der Waals surface area contributed by atoms with Crippen molar-refractivity contribution in [3.05, 3.63) is 17.0 Å². The second-order valence-corrected chi connectivity index (χ2v) is 4.22. The molecule has 5 heteroatoms. The zero-order valence-corrected chi connectivity index (χ0v) is 8.99. The molecule has 0 bridgehead atoms. The van der Waals surface area contributed by atoms with E-state index in [1.54, 1.807) is 11.3 Å². The molecule has 1 rings (SSSR count). The fourth-order valence-corrected chi connectivity index (χ4v) is 1.72. The Morgan fingerprint density at radius 1 is 1.57 bits per heavy atom. The summed E-state index contributed by atoms with van der Waals surface area (Å²) < 4.78 is 0. The molecule has 78 valence electrons. The van der Waals surface area contributed by atoms with Crippen LogP contribution in [0.15, 0.2) is 12.1 Å². The lowest BCUT2D eigenvalue weighted by Crippen LogP contribution is -2.30. The molecule has 0 aliphatic rings. The van der Waals surface area contributed by atoms with Crippen molar-refractivity contribution in [2.24, 2.45) is 5.73 Å². The van der Waals surface area contributed by atoms with Crippen LogP contribution in [0.5, 0.6) is 0 Å². The number of amides is 2. The average Bonchev–Trinajstić information content (AvgIpc) is 2.52. The predicted molar refractivity (Wildman–Crippen MR) is 59.7 cm³/mol. The Balaban J connectivity index is 2.27. The number of thiophene rings is 1. The highest BCUT2D eigenvalue weighted by molar-refractivity contribution is 7.16. The lowest BCUT2D eigenvalue weighted by Gasteiger charge is -2.04. The summed E-state index contributed by atoms with van der Waals surface area (Å²) in [7, 11) is 0. The first kappa shape index (κ1) is 11.0. The number of anilines is 1. The van der Waals surface area contributed by atoms with Gasteiger partial charge < -0.3 is 11.1 Å². The molecule has 4 nitrogen and oxygen atoms in total. The third-order valence-electron chi connectivity index (χ3n) is 1.64. The molecular weight excluding hydrogens is 198 g/mol. The van der Waals surface area contributed by atoms with E-state index in [1.807, 2.05) is 19.1 Å². The van der Waals surface area contributed by atoms with Gasteiger partial charge in [-0.25, -0.2) is 4.79 Å². The van der Waals surface area contributed by atoms with E-state index in [0.29, 0.717) is 13.1 Å². The molecule has 0 aliphatic carbocycles. The molecule has 2 amide bonds. The third-order valence-corrected chi connectivity index (χ3v) is 2.56. The summed E-state index contributed by atoms with van der Waals surface area (Å²) in [6.45, 7) is 3.22. The number of nitrogens with one attached hydrogen (secondary N) is 2. The van der Waals surface area contributed by atoms with Crippen molar-refractivity contribution in [3.63, 3.8) is 0 Å². The Hall–Kier alpha value is -1.07. The normalized spacial score (nSPS) is 9.86. The number of aryl methyl sites for hydroxylation is 1. The van der Waals surface area contributed by atoms with Crippen LogP contribution in [0.25, 0.3) is 0 Å². The van der Waals surface area contributed by atoms with Gasteiger partial charge in [0.2, 0.25) is 0 Å².